The van der Waals surface area contributed by atoms with E-state index >= 15 is 0 Å². The van der Waals surface area contributed by atoms with Crippen molar-refractivity contribution < 1.29 is 25.2 Å². The van der Waals surface area contributed by atoms with E-state index < -0.39 is 20.7 Å². The second-order valence-electron chi connectivity index (χ2n) is 2.16. The fourth-order valence-electron chi connectivity index (χ4n) is 0.263. The molecule has 0 spiro atoms. The summed E-state index contributed by atoms with van der Waals surface area (Å²) in [5, 5.41) is 0. The average molecular weight is 262 g/mol. The van der Waals surface area contributed by atoms with Crippen LogP contribution < -0.4 is 0 Å². The molecule has 0 fully saturated rings. The molecule has 0 aromatic carbocycles. The highest BCUT2D eigenvalue weighted by molar-refractivity contribution is 7.86. The van der Waals surface area contributed by atoms with Gasteiger partial charge in [-0.3, -0.25) is 4.18 Å². The largest absolute Gasteiger partial charge is 0.425 e. The molecule has 6 nitrogen and oxygen atoms in total. The highest BCUT2D eigenvalue weighted by atomic mass is 32.2. The van der Waals surface area contributed by atoms with Crippen molar-refractivity contribution in [2.24, 2.45) is 0 Å². The topological polar surface area (TPSA) is 94.6 Å². The molecule has 0 saturated carbocycles. The second-order valence-corrected chi connectivity index (χ2v) is 4.50. The standard InChI is InChI=1S/C4H10O3S.C3H8.O3S/c1-3-7-8(5,6)4-2;1-3-2;1-4(2)3/h3-4H2,1-2H3;3H2,1-2H3;. The fraction of sp³-hybridized carbons (Fsp3) is 1.00. The first-order valence-electron chi connectivity index (χ1n) is 4.41. The van der Waals surface area contributed by atoms with Gasteiger partial charge in [0.25, 0.3) is 10.1 Å². The van der Waals surface area contributed by atoms with Crippen molar-refractivity contribution in [3.05, 3.63) is 0 Å². The molecule has 0 unspecified atom stereocenters. The van der Waals surface area contributed by atoms with Gasteiger partial charge >= 0.3 is 10.6 Å². The van der Waals surface area contributed by atoms with Gasteiger partial charge in [0.2, 0.25) is 0 Å². The zero-order valence-electron chi connectivity index (χ0n) is 9.39. The summed E-state index contributed by atoms with van der Waals surface area (Å²) < 4.78 is 50.4. The molecule has 0 aliphatic rings. The van der Waals surface area contributed by atoms with E-state index in [0.717, 1.165) is 0 Å². The van der Waals surface area contributed by atoms with Crippen molar-refractivity contribution in [1.29, 1.82) is 0 Å². The zero-order valence-corrected chi connectivity index (χ0v) is 11.0. The minimum absolute atomic E-state index is 0.0564. The molecule has 0 aliphatic heterocycles. The lowest BCUT2D eigenvalue weighted by Crippen LogP contribution is -2.06. The molecule has 0 atom stereocenters. The summed E-state index contributed by atoms with van der Waals surface area (Å²) in [7, 11) is -6.28. The summed E-state index contributed by atoms with van der Waals surface area (Å²) in [5.74, 6) is 0.0564. The van der Waals surface area contributed by atoms with Crippen molar-refractivity contribution in [2.75, 3.05) is 12.4 Å². The summed E-state index contributed by atoms with van der Waals surface area (Å²) in [6, 6.07) is 0. The van der Waals surface area contributed by atoms with E-state index in [4.69, 9.17) is 12.6 Å². The van der Waals surface area contributed by atoms with Crippen LogP contribution in [-0.4, -0.2) is 33.4 Å². The summed E-state index contributed by atoms with van der Waals surface area (Å²) in [6.45, 7) is 7.67. The molecule has 0 bridgehead atoms. The van der Waals surface area contributed by atoms with Gasteiger partial charge in [0, 0.05) is 0 Å². The maximum absolute atomic E-state index is 10.4. The van der Waals surface area contributed by atoms with Gasteiger partial charge in [0.05, 0.1) is 12.4 Å². The van der Waals surface area contributed by atoms with Crippen molar-refractivity contribution in [1.82, 2.24) is 0 Å². The second kappa shape index (κ2) is 13.5. The Labute approximate surface area is 92.8 Å². The average Bonchev–Trinajstić information content (AvgIpc) is 2.04. The van der Waals surface area contributed by atoms with Crippen LogP contribution in [-0.2, 0) is 24.9 Å². The Balaban J connectivity index is -0.000000173. The van der Waals surface area contributed by atoms with Crippen LogP contribution >= 0.6 is 0 Å². The maximum atomic E-state index is 10.4. The van der Waals surface area contributed by atoms with Gasteiger partial charge < -0.3 is 0 Å². The van der Waals surface area contributed by atoms with Crippen LogP contribution in [0.1, 0.15) is 34.1 Å². The molecule has 0 amide bonds. The lowest BCUT2D eigenvalue weighted by molar-refractivity contribution is 0.339. The molecule has 0 aliphatic carbocycles. The minimum atomic E-state index is -3.17. The van der Waals surface area contributed by atoms with Crippen molar-refractivity contribution >= 4 is 20.7 Å². The molecule has 0 heterocycles. The Morgan fingerprint density at radius 3 is 1.33 bits per heavy atom. The summed E-state index contributed by atoms with van der Waals surface area (Å²) in [5.41, 5.74) is 0. The number of rotatable bonds is 3. The van der Waals surface area contributed by atoms with Crippen LogP contribution in [0.15, 0.2) is 0 Å². The zero-order chi connectivity index (χ0) is 12.9. The summed E-state index contributed by atoms with van der Waals surface area (Å²) in [4.78, 5) is 0. The van der Waals surface area contributed by atoms with Crippen LogP contribution in [0.5, 0.6) is 0 Å². The van der Waals surface area contributed by atoms with E-state index in [1.54, 1.807) is 13.8 Å². The minimum Gasteiger partial charge on any atom is -0.270 e. The fourth-order valence-corrected chi connectivity index (χ4v) is 0.789. The van der Waals surface area contributed by atoms with E-state index in [-0.39, 0.29) is 12.4 Å². The third kappa shape index (κ3) is 42.2. The van der Waals surface area contributed by atoms with Gasteiger partial charge in [-0.2, -0.15) is 8.42 Å². The lowest BCUT2D eigenvalue weighted by Gasteiger charge is -1.95. The summed E-state index contributed by atoms with van der Waals surface area (Å²) in [6.07, 6.45) is 1.25. The molecule has 0 N–H and O–H groups in total. The molecular formula is C7H18O6S2. The lowest BCUT2D eigenvalue weighted by atomic mass is 10.6. The molecule has 15 heavy (non-hydrogen) atoms. The van der Waals surface area contributed by atoms with Crippen LogP contribution in [0.4, 0.5) is 0 Å². The molecule has 0 rings (SSSR count). The van der Waals surface area contributed by atoms with E-state index in [0.29, 0.717) is 0 Å². The Hall–Kier alpha value is -0.470. The first-order valence-corrected chi connectivity index (χ1v) is 6.98. The van der Waals surface area contributed by atoms with Gasteiger partial charge in [0.1, 0.15) is 0 Å². The Morgan fingerprint density at radius 1 is 1.00 bits per heavy atom. The van der Waals surface area contributed by atoms with Gasteiger partial charge in [0.15, 0.2) is 0 Å². The predicted molar refractivity (Wildman–Crippen MR) is 56.7 cm³/mol. The van der Waals surface area contributed by atoms with E-state index in [1.807, 2.05) is 0 Å². The molecule has 0 saturated heterocycles. The molecule has 0 aromatic heterocycles. The van der Waals surface area contributed by atoms with Crippen LogP contribution in [0.2, 0.25) is 0 Å². The predicted octanol–water partition coefficient (Wildman–Crippen LogP) is 0.785. The van der Waals surface area contributed by atoms with Crippen molar-refractivity contribution in [3.8, 4) is 0 Å². The number of hydrogen-bond acceptors (Lipinski definition) is 6. The maximum Gasteiger partial charge on any atom is 0.425 e. The molecular weight excluding hydrogens is 244 g/mol. The van der Waals surface area contributed by atoms with E-state index in [2.05, 4.69) is 18.0 Å². The number of hydrogen-bond donors (Lipinski definition) is 0. The first-order chi connectivity index (χ1) is 6.77. The van der Waals surface area contributed by atoms with Crippen LogP contribution in [0.3, 0.4) is 0 Å². The highest BCUT2D eigenvalue weighted by Crippen LogP contribution is 1.89. The summed E-state index contributed by atoms with van der Waals surface area (Å²) >= 11 is 0. The van der Waals surface area contributed by atoms with Gasteiger partial charge in [-0.25, -0.2) is 0 Å². The third-order valence-electron chi connectivity index (χ3n) is 0.651. The van der Waals surface area contributed by atoms with Crippen molar-refractivity contribution in [3.63, 3.8) is 0 Å². The van der Waals surface area contributed by atoms with Crippen molar-refractivity contribution in [2.45, 2.75) is 34.1 Å². The molecule has 0 radical (unpaired) electrons. The molecule has 0 aromatic rings. The SMILES string of the molecule is CCC.CCOS(=O)(=O)CC.O=S(=O)=O. The van der Waals surface area contributed by atoms with E-state index in [9.17, 15) is 8.42 Å². The van der Waals surface area contributed by atoms with Gasteiger partial charge in [-0.15, -0.1) is 12.6 Å². The monoisotopic (exact) mass is 262 g/mol. The van der Waals surface area contributed by atoms with Crippen LogP contribution in [0, 0.1) is 0 Å². The van der Waals surface area contributed by atoms with E-state index in [1.165, 1.54) is 6.42 Å². The molecule has 94 valence electrons. The Kier molecular flexibility index (Phi) is 18.0. The normalized spacial score (nSPS) is 9.07. The van der Waals surface area contributed by atoms with Gasteiger partial charge in [-0.1, -0.05) is 20.3 Å². The van der Waals surface area contributed by atoms with Crippen LogP contribution in [0.25, 0.3) is 0 Å². The van der Waals surface area contributed by atoms with Gasteiger partial charge in [-0.05, 0) is 13.8 Å². The third-order valence-corrected chi connectivity index (χ3v) is 1.95. The first kappa shape index (κ1) is 20.0. The quantitative estimate of drug-likeness (QED) is 0.698. The Morgan fingerprint density at radius 2 is 1.27 bits per heavy atom. The smallest absolute Gasteiger partial charge is 0.270 e. The highest BCUT2D eigenvalue weighted by Gasteiger charge is 2.02. The molecule has 8 heteroatoms. The Bertz CT molecular complexity index is 294.